The molecule has 1 aromatic carbocycles. The largest absolute Gasteiger partial charge is 0.370 e. The number of nitrogens with two attached hydrogens (primary N) is 1. The summed E-state index contributed by atoms with van der Waals surface area (Å²) >= 11 is 2.88. The average Bonchev–Trinajstić information content (AvgIpc) is 2.91. The molecule has 1 heterocycles. The summed E-state index contributed by atoms with van der Waals surface area (Å²) in [5.74, 6) is 0.413. The summed E-state index contributed by atoms with van der Waals surface area (Å²) in [7, 11) is 1.81. The van der Waals surface area contributed by atoms with Crippen molar-refractivity contribution in [3.8, 4) is 0 Å². The molecule has 0 aliphatic carbocycles. The van der Waals surface area contributed by atoms with E-state index < -0.39 is 0 Å². The number of carbonyl (C=O) groups is 2. The van der Waals surface area contributed by atoms with Crippen LogP contribution in [0.3, 0.4) is 0 Å². The molecular weight excluding hydrogens is 346 g/mol. The van der Waals surface area contributed by atoms with E-state index in [0.29, 0.717) is 17.4 Å². The van der Waals surface area contributed by atoms with Crippen molar-refractivity contribution in [1.82, 2.24) is 14.8 Å². The van der Waals surface area contributed by atoms with Gasteiger partial charge in [-0.3, -0.25) is 9.59 Å². The number of nitrogens with zero attached hydrogens (tertiary/aromatic N) is 3. The van der Waals surface area contributed by atoms with Crippen molar-refractivity contribution in [3.05, 3.63) is 30.1 Å². The summed E-state index contributed by atoms with van der Waals surface area (Å²) in [4.78, 5) is 24.0. The van der Waals surface area contributed by atoms with Gasteiger partial charge in [0.1, 0.15) is 5.82 Å². The fourth-order valence-corrected chi connectivity index (χ4v) is 3.27. The molecular formula is C15H19N5O2S2. The van der Waals surface area contributed by atoms with Crippen LogP contribution in [0.5, 0.6) is 0 Å². The number of nitrogens with one attached hydrogen (secondary N) is 1. The second-order valence-corrected chi connectivity index (χ2v) is 6.75. The van der Waals surface area contributed by atoms with E-state index in [0.717, 1.165) is 10.6 Å². The third kappa shape index (κ3) is 5.00. The Morgan fingerprint density at radius 1 is 1.29 bits per heavy atom. The van der Waals surface area contributed by atoms with Crippen LogP contribution in [0, 0.1) is 0 Å². The summed E-state index contributed by atoms with van der Waals surface area (Å²) in [6, 6.07) is 7.65. The minimum Gasteiger partial charge on any atom is -0.370 e. The van der Waals surface area contributed by atoms with E-state index in [9.17, 15) is 9.59 Å². The maximum atomic E-state index is 12.1. The number of thioether (sulfide) groups is 2. The van der Waals surface area contributed by atoms with E-state index in [1.807, 2.05) is 30.5 Å². The second-order valence-electron chi connectivity index (χ2n) is 4.96. The van der Waals surface area contributed by atoms with Crippen LogP contribution in [-0.4, -0.2) is 38.6 Å². The molecule has 2 aromatic rings. The highest BCUT2D eigenvalue weighted by molar-refractivity contribution is 7.99. The molecule has 0 saturated carbocycles. The van der Waals surface area contributed by atoms with E-state index in [2.05, 4.69) is 15.5 Å². The lowest BCUT2D eigenvalue weighted by atomic mass is 10.3. The van der Waals surface area contributed by atoms with Crippen LogP contribution in [0.25, 0.3) is 0 Å². The molecule has 0 saturated heterocycles. The first-order chi connectivity index (χ1) is 11.5. The van der Waals surface area contributed by atoms with Crippen LogP contribution in [-0.2, 0) is 23.1 Å². The molecule has 3 N–H and O–H groups in total. The topological polar surface area (TPSA) is 103 Å². The lowest BCUT2D eigenvalue weighted by Gasteiger charge is -2.09. The van der Waals surface area contributed by atoms with Crippen molar-refractivity contribution in [1.29, 1.82) is 0 Å². The second kappa shape index (κ2) is 8.74. The molecule has 0 spiro atoms. The first-order valence-corrected chi connectivity index (χ1v) is 9.44. The first kappa shape index (κ1) is 18.3. The molecule has 0 atom stereocenters. The molecule has 7 nitrogen and oxygen atoms in total. The molecule has 2 amide bonds. The Bertz CT molecular complexity index is 732. The molecule has 9 heteroatoms. The molecule has 0 bridgehead atoms. The van der Waals surface area contributed by atoms with Crippen LogP contribution in [0.1, 0.15) is 12.2 Å². The van der Waals surface area contributed by atoms with Crippen molar-refractivity contribution < 1.29 is 9.59 Å². The van der Waals surface area contributed by atoms with Crippen molar-refractivity contribution in [3.63, 3.8) is 0 Å². The van der Waals surface area contributed by atoms with Crippen molar-refractivity contribution in [2.75, 3.05) is 17.3 Å². The van der Waals surface area contributed by atoms with E-state index in [1.165, 1.54) is 11.8 Å². The van der Waals surface area contributed by atoms with Crippen LogP contribution in [0.15, 0.2) is 34.3 Å². The Labute approximate surface area is 148 Å². The summed E-state index contributed by atoms with van der Waals surface area (Å²) in [6.07, 6.45) is 2.63. The number of rotatable bonds is 8. The number of hydrogen-bond acceptors (Lipinski definition) is 6. The number of aryl methyl sites for hydroxylation is 1. The van der Waals surface area contributed by atoms with Gasteiger partial charge >= 0.3 is 0 Å². The molecule has 128 valence electrons. The predicted octanol–water partition coefficient (Wildman–Crippen LogP) is 1.69. The highest BCUT2D eigenvalue weighted by Gasteiger charge is 2.13. The van der Waals surface area contributed by atoms with Crippen molar-refractivity contribution in [2.45, 2.75) is 22.9 Å². The lowest BCUT2D eigenvalue weighted by Crippen LogP contribution is -2.15. The van der Waals surface area contributed by atoms with E-state index >= 15 is 0 Å². The number of amides is 2. The molecule has 24 heavy (non-hydrogen) atoms. The summed E-state index contributed by atoms with van der Waals surface area (Å²) in [5.41, 5.74) is 5.94. The average molecular weight is 365 g/mol. The highest BCUT2D eigenvalue weighted by Crippen LogP contribution is 2.25. The summed E-state index contributed by atoms with van der Waals surface area (Å²) in [6.45, 7) is 0. The highest BCUT2D eigenvalue weighted by atomic mass is 32.2. The number of aromatic nitrogens is 3. The normalized spacial score (nSPS) is 10.6. The van der Waals surface area contributed by atoms with Crippen LogP contribution in [0.4, 0.5) is 5.69 Å². The number of hydrogen-bond donors (Lipinski definition) is 2. The Morgan fingerprint density at radius 3 is 2.75 bits per heavy atom. The van der Waals surface area contributed by atoms with Gasteiger partial charge < -0.3 is 15.6 Å². The SMILES string of the molecule is CSc1ccccc1NC(=O)CSc1nnc(CCC(N)=O)n1C. The zero-order valence-electron chi connectivity index (χ0n) is 13.5. The van der Waals surface area contributed by atoms with Crippen molar-refractivity contribution in [2.24, 2.45) is 12.8 Å². The number of carbonyl (C=O) groups excluding carboxylic acids is 2. The number of anilines is 1. The van der Waals surface area contributed by atoms with Gasteiger partial charge in [0.15, 0.2) is 5.16 Å². The number of para-hydroxylation sites is 1. The Balaban J connectivity index is 1.91. The number of primary amides is 1. The van der Waals surface area contributed by atoms with Crippen LogP contribution >= 0.6 is 23.5 Å². The van der Waals surface area contributed by atoms with Gasteiger partial charge in [0, 0.05) is 24.8 Å². The first-order valence-electron chi connectivity index (χ1n) is 7.23. The molecule has 0 unspecified atom stereocenters. The lowest BCUT2D eigenvalue weighted by molar-refractivity contribution is -0.118. The Kier molecular flexibility index (Phi) is 6.68. The van der Waals surface area contributed by atoms with Gasteiger partial charge in [-0.25, -0.2) is 0 Å². The third-order valence-corrected chi connectivity index (χ3v) is 5.05. The number of benzene rings is 1. The predicted molar refractivity (Wildman–Crippen MR) is 96.1 cm³/mol. The third-order valence-electron chi connectivity index (χ3n) is 3.23. The fourth-order valence-electron chi connectivity index (χ4n) is 1.99. The fraction of sp³-hybridized carbons (Fsp3) is 0.333. The molecule has 0 aliphatic rings. The zero-order valence-corrected chi connectivity index (χ0v) is 15.1. The Morgan fingerprint density at radius 2 is 2.04 bits per heavy atom. The standard InChI is InChI=1S/C15H19N5O2S2/c1-20-13(8-7-12(16)21)18-19-15(20)24-9-14(22)17-10-5-3-4-6-11(10)23-2/h3-6H,7-9H2,1-2H3,(H2,16,21)(H,17,22). The van der Waals surface area contributed by atoms with Crippen molar-refractivity contribution >= 4 is 41.0 Å². The van der Waals surface area contributed by atoms with E-state index in [4.69, 9.17) is 5.73 Å². The summed E-state index contributed by atoms with van der Waals surface area (Å²) < 4.78 is 1.77. The monoisotopic (exact) mass is 365 g/mol. The molecule has 0 radical (unpaired) electrons. The van der Waals surface area contributed by atoms with Gasteiger partial charge in [-0.05, 0) is 18.4 Å². The van der Waals surface area contributed by atoms with Gasteiger partial charge in [0.05, 0.1) is 11.4 Å². The van der Waals surface area contributed by atoms with Gasteiger partial charge in [-0.1, -0.05) is 23.9 Å². The molecule has 0 aliphatic heterocycles. The summed E-state index contributed by atoms with van der Waals surface area (Å²) in [5, 5.41) is 11.6. The molecule has 2 rings (SSSR count). The van der Waals surface area contributed by atoms with Gasteiger partial charge in [-0.15, -0.1) is 22.0 Å². The molecule has 0 fully saturated rings. The van der Waals surface area contributed by atoms with E-state index in [-0.39, 0.29) is 24.0 Å². The smallest absolute Gasteiger partial charge is 0.234 e. The minimum atomic E-state index is -0.376. The molecule has 1 aromatic heterocycles. The maximum absolute atomic E-state index is 12.1. The minimum absolute atomic E-state index is 0.108. The van der Waals surface area contributed by atoms with Crippen LogP contribution in [0.2, 0.25) is 0 Å². The van der Waals surface area contributed by atoms with Crippen LogP contribution < -0.4 is 11.1 Å². The maximum Gasteiger partial charge on any atom is 0.234 e. The zero-order chi connectivity index (χ0) is 17.5. The van der Waals surface area contributed by atoms with Gasteiger partial charge in [0.2, 0.25) is 11.8 Å². The van der Waals surface area contributed by atoms with Gasteiger partial charge in [-0.2, -0.15) is 0 Å². The quantitative estimate of drug-likeness (QED) is 0.690. The Hall–Kier alpha value is -2.00. The van der Waals surface area contributed by atoms with E-state index in [1.54, 1.807) is 23.4 Å². The van der Waals surface area contributed by atoms with Gasteiger partial charge in [0.25, 0.3) is 0 Å².